The molecule has 1 aliphatic carbocycles. The Hall–Kier alpha value is -2.17. The fraction of sp³-hybridized carbons (Fsp3) is 0.571. The molecular formula is C21H27N3O2. The highest BCUT2D eigenvalue weighted by Gasteiger charge is 2.32. The summed E-state index contributed by atoms with van der Waals surface area (Å²) in [6.45, 7) is 4.15. The van der Waals surface area contributed by atoms with Gasteiger partial charge in [-0.1, -0.05) is 31.4 Å². The molecule has 138 valence electrons. The van der Waals surface area contributed by atoms with Gasteiger partial charge in [0.05, 0.1) is 17.2 Å². The van der Waals surface area contributed by atoms with E-state index < -0.39 is 0 Å². The molecule has 0 N–H and O–H groups in total. The molecule has 2 unspecified atom stereocenters. The number of benzene rings is 1. The standard InChI is InChI=1S/C21H27N3O2/c1-15-5-4-8-18-20(15)22-14-24(21(18)26)12-10-19(25)23-11-9-16-6-2-3-7-17(16)13-23/h4-5,8,14,16-17H,2-3,6-7,9-13H2,1H3. The Labute approximate surface area is 154 Å². The summed E-state index contributed by atoms with van der Waals surface area (Å²) < 4.78 is 1.58. The SMILES string of the molecule is Cc1cccc2c(=O)n(CCC(=O)N3CCC4CCCCC4C3)cnc12. The Morgan fingerprint density at radius 1 is 1.19 bits per heavy atom. The minimum atomic E-state index is -0.0579. The number of fused-ring (bicyclic) bond motifs is 2. The maximum absolute atomic E-state index is 12.7. The van der Waals surface area contributed by atoms with Crippen LogP contribution in [0.1, 0.15) is 44.1 Å². The highest BCUT2D eigenvalue weighted by molar-refractivity contribution is 5.80. The summed E-state index contributed by atoms with van der Waals surface area (Å²) in [5.41, 5.74) is 1.69. The lowest BCUT2D eigenvalue weighted by Crippen LogP contribution is -2.45. The maximum Gasteiger partial charge on any atom is 0.261 e. The summed E-state index contributed by atoms with van der Waals surface area (Å²) >= 11 is 0. The van der Waals surface area contributed by atoms with E-state index >= 15 is 0 Å². The minimum absolute atomic E-state index is 0.0579. The lowest BCUT2D eigenvalue weighted by Gasteiger charge is -2.41. The molecule has 2 atom stereocenters. The van der Waals surface area contributed by atoms with Crippen LogP contribution in [0.4, 0.5) is 0 Å². The van der Waals surface area contributed by atoms with Crippen LogP contribution in [0.5, 0.6) is 0 Å². The third kappa shape index (κ3) is 3.27. The van der Waals surface area contributed by atoms with Crippen molar-refractivity contribution < 1.29 is 4.79 Å². The van der Waals surface area contributed by atoms with Crippen molar-refractivity contribution in [2.45, 2.75) is 52.0 Å². The third-order valence-electron chi connectivity index (χ3n) is 6.27. The first kappa shape index (κ1) is 17.3. The number of hydrogen-bond donors (Lipinski definition) is 0. The molecule has 2 aliphatic rings. The summed E-state index contributed by atoms with van der Waals surface area (Å²) in [6.07, 6.45) is 8.36. The average Bonchev–Trinajstić information content (AvgIpc) is 2.67. The molecular weight excluding hydrogens is 326 g/mol. The zero-order chi connectivity index (χ0) is 18.1. The van der Waals surface area contributed by atoms with E-state index in [4.69, 9.17) is 0 Å². The van der Waals surface area contributed by atoms with E-state index in [1.807, 2.05) is 30.0 Å². The molecule has 1 aromatic carbocycles. The van der Waals surface area contributed by atoms with Crippen molar-refractivity contribution in [3.63, 3.8) is 0 Å². The lowest BCUT2D eigenvalue weighted by molar-refractivity contribution is -0.134. The van der Waals surface area contributed by atoms with E-state index in [9.17, 15) is 9.59 Å². The fourth-order valence-electron chi connectivity index (χ4n) is 4.70. The number of likely N-dealkylation sites (tertiary alicyclic amines) is 1. The number of nitrogens with zero attached hydrogens (tertiary/aromatic N) is 3. The number of aromatic nitrogens is 2. The van der Waals surface area contributed by atoms with E-state index in [0.29, 0.717) is 24.3 Å². The summed E-state index contributed by atoms with van der Waals surface area (Å²) in [6, 6.07) is 5.64. The molecule has 5 heteroatoms. The minimum Gasteiger partial charge on any atom is -0.342 e. The van der Waals surface area contributed by atoms with Gasteiger partial charge in [-0.05, 0) is 43.2 Å². The monoisotopic (exact) mass is 353 g/mol. The second-order valence-electron chi connectivity index (χ2n) is 7.90. The van der Waals surface area contributed by atoms with Gasteiger partial charge in [-0.3, -0.25) is 14.2 Å². The highest BCUT2D eigenvalue weighted by atomic mass is 16.2. The van der Waals surface area contributed by atoms with Crippen molar-refractivity contribution in [3.8, 4) is 0 Å². The van der Waals surface area contributed by atoms with Crippen molar-refractivity contribution in [3.05, 3.63) is 40.4 Å². The Balaban J connectivity index is 1.42. The molecule has 1 amide bonds. The van der Waals surface area contributed by atoms with E-state index in [2.05, 4.69) is 4.98 Å². The zero-order valence-corrected chi connectivity index (χ0v) is 15.5. The van der Waals surface area contributed by atoms with Crippen molar-refractivity contribution in [1.29, 1.82) is 0 Å². The number of hydrogen-bond acceptors (Lipinski definition) is 3. The topological polar surface area (TPSA) is 55.2 Å². The van der Waals surface area contributed by atoms with Crippen molar-refractivity contribution in [2.24, 2.45) is 11.8 Å². The first-order valence-corrected chi connectivity index (χ1v) is 9.86. The van der Waals surface area contributed by atoms with Crippen LogP contribution in [0.3, 0.4) is 0 Å². The number of carbonyl (C=O) groups is 1. The predicted molar refractivity (Wildman–Crippen MR) is 102 cm³/mol. The van der Waals surface area contributed by atoms with Crippen LogP contribution < -0.4 is 5.56 Å². The summed E-state index contributed by atoms with van der Waals surface area (Å²) in [5.74, 6) is 1.68. The number of para-hydroxylation sites is 1. The highest BCUT2D eigenvalue weighted by Crippen LogP contribution is 2.36. The van der Waals surface area contributed by atoms with Crippen LogP contribution in [0, 0.1) is 18.8 Å². The first-order valence-electron chi connectivity index (χ1n) is 9.86. The Kier molecular flexibility index (Phi) is 4.79. The largest absolute Gasteiger partial charge is 0.342 e. The molecule has 0 bridgehead atoms. The average molecular weight is 353 g/mol. The molecule has 1 aromatic heterocycles. The summed E-state index contributed by atoms with van der Waals surface area (Å²) in [5, 5.41) is 0.628. The Morgan fingerprint density at radius 3 is 2.85 bits per heavy atom. The third-order valence-corrected chi connectivity index (χ3v) is 6.27. The molecule has 1 saturated heterocycles. The molecule has 2 aromatic rings. The van der Waals surface area contributed by atoms with Gasteiger partial charge in [0, 0.05) is 26.1 Å². The number of piperidine rings is 1. The van der Waals surface area contributed by atoms with E-state index in [0.717, 1.165) is 36.5 Å². The number of aryl methyl sites for hydroxylation is 2. The normalized spacial score (nSPS) is 23.0. The maximum atomic E-state index is 12.7. The molecule has 4 rings (SSSR count). The smallest absolute Gasteiger partial charge is 0.261 e. The first-order chi connectivity index (χ1) is 12.6. The van der Waals surface area contributed by atoms with Crippen LogP contribution in [-0.2, 0) is 11.3 Å². The summed E-state index contributed by atoms with van der Waals surface area (Å²) in [4.78, 5) is 31.8. The molecule has 0 spiro atoms. The number of amides is 1. The van der Waals surface area contributed by atoms with E-state index in [1.165, 1.54) is 25.7 Å². The molecule has 0 radical (unpaired) electrons. The van der Waals surface area contributed by atoms with E-state index in [1.54, 1.807) is 10.9 Å². The summed E-state index contributed by atoms with van der Waals surface area (Å²) in [7, 11) is 0. The second kappa shape index (κ2) is 7.22. The van der Waals surface area contributed by atoms with Gasteiger partial charge in [0.25, 0.3) is 5.56 Å². The quantitative estimate of drug-likeness (QED) is 0.852. The van der Waals surface area contributed by atoms with Crippen molar-refractivity contribution >= 4 is 16.8 Å². The molecule has 5 nitrogen and oxygen atoms in total. The van der Waals surface area contributed by atoms with Gasteiger partial charge >= 0.3 is 0 Å². The van der Waals surface area contributed by atoms with Crippen LogP contribution in [0.15, 0.2) is 29.3 Å². The Morgan fingerprint density at radius 2 is 2.00 bits per heavy atom. The fourth-order valence-corrected chi connectivity index (χ4v) is 4.70. The molecule has 2 fully saturated rings. The predicted octanol–water partition coefficient (Wildman–Crippen LogP) is 3.13. The van der Waals surface area contributed by atoms with Gasteiger partial charge < -0.3 is 4.90 Å². The molecule has 26 heavy (non-hydrogen) atoms. The van der Waals surface area contributed by atoms with Crippen LogP contribution >= 0.6 is 0 Å². The number of carbonyl (C=O) groups excluding carboxylic acids is 1. The van der Waals surface area contributed by atoms with Crippen molar-refractivity contribution in [2.75, 3.05) is 13.1 Å². The van der Waals surface area contributed by atoms with Gasteiger partial charge in [0.2, 0.25) is 5.91 Å². The zero-order valence-electron chi connectivity index (χ0n) is 15.5. The molecule has 1 aliphatic heterocycles. The Bertz CT molecular complexity index is 873. The van der Waals surface area contributed by atoms with Crippen molar-refractivity contribution in [1.82, 2.24) is 14.5 Å². The van der Waals surface area contributed by atoms with Gasteiger partial charge in [-0.2, -0.15) is 0 Å². The molecule has 2 heterocycles. The van der Waals surface area contributed by atoms with Crippen LogP contribution in [0.2, 0.25) is 0 Å². The lowest BCUT2D eigenvalue weighted by atomic mass is 9.75. The second-order valence-corrected chi connectivity index (χ2v) is 7.90. The van der Waals surface area contributed by atoms with Gasteiger partial charge in [0.1, 0.15) is 0 Å². The van der Waals surface area contributed by atoms with Crippen LogP contribution in [0.25, 0.3) is 10.9 Å². The molecule has 1 saturated carbocycles. The van der Waals surface area contributed by atoms with Gasteiger partial charge in [-0.15, -0.1) is 0 Å². The van der Waals surface area contributed by atoms with Gasteiger partial charge in [0.15, 0.2) is 0 Å². The van der Waals surface area contributed by atoms with Gasteiger partial charge in [-0.25, -0.2) is 4.98 Å². The number of rotatable bonds is 3. The van der Waals surface area contributed by atoms with E-state index in [-0.39, 0.29) is 11.5 Å². The van der Waals surface area contributed by atoms with Crippen LogP contribution in [-0.4, -0.2) is 33.4 Å².